The second kappa shape index (κ2) is 5.41. The predicted octanol–water partition coefficient (Wildman–Crippen LogP) is 3.01. The van der Waals surface area contributed by atoms with Crippen molar-refractivity contribution >= 4 is 6.03 Å². The Morgan fingerprint density at radius 1 is 1.28 bits per heavy atom. The summed E-state index contributed by atoms with van der Waals surface area (Å²) in [5, 5.41) is 2.87. The van der Waals surface area contributed by atoms with Gasteiger partial charge in [-0.3, -0.25) is 0 Å². The molecule has 0 spiro atoms. The number of rotatable bonds is 3. The number of nitrogens with one attached hydrogen (secondary N) is 1. The number of halogens is 2. The fourth-order valence-corrected chi connectivity index (χ4v) is 2.93. The Morgan fingerprint density at radius 2 is 1.89 bits per heavy atom. The zero-order valence-electron chi connectivity index (χ0n) is 10.9. The van der Waals surface area contributed by atoms with Crippen LogP contribution in [-0.4, -0.2) is 36.0 Å². The maximum Gasteiger partial charge on any atom is 0.318 e. The molecule has 2 aliphatic rings. The Balaban J connectivity index is 1.67. The molecule has 104 valence electrons. The van der Waals surface area contributed by atoms with E-state index in [1.54, 1.807) is 0 Å². The van der Waals surface area contributed by atoms with E-state index in [9.17, 15) is 13.6 Å². The van der Waals surface area contributed by atoms with Crippen molar-refractivity contribution in [1.82, 2.24) is 10.2 Å². The molecule has 18 heavy (non-hydrogen) atoms. The van der Waals surface area contributed by atoms with Gasteiger partial charge in [0.15, 0.2) is 0 Å². The van der Waals surface area contributed by atoms with Crippen LogP contribution in [0.25, 0.3) is 0 Å². The summed E-state index contributed by atoms with van der Waals surface area (Å²) < 4.78 is 25.3. The van der Waals surface area contributed by atoms with E-state index in [0.717, 1.165) is 31.6 Å². The highest BCUT2D eigenvalue weighted by Crippen LogP contribution is 2.29. The molecule has 2 amide bonds. The molecule has 3 nitrogen and oxygen atoms in total. The first-order valence-electron chi connectivity index (χ1n) is 6.93. The van der Waals surface area contributed by atoms with Crippen LogP contribution < -0.4 is 5.32 Å². The summed E-state index contributed by atoms with van der Waals surface area (Å²) in [6.07, 6.45) is 6.74. The standard InChI is InChI=1S/C13H22F2N2O/c1-2-3-10-4-6-11(7-5-10)16-12(18)17-8-13(14,15)9-17/h10-11H,2-9H2,1H3,(H,16,18). The molecule has 0 atom stereocenters. The zero-order valence-corrected chi connectivity index (χ0v) is 10.9. The number of nitrogens with zero attached hydrogens (tertiary/aromatic N) is 1. The normalized spacial score (nSPS) is 30.7. The Morgan fingerprint density at radius 3 is 2.39 bits per heavy atom. The lowest BCUT2D eigenvalue weighted by Crippen LogP contribution is -2.62. The van der Waals surface area contributed by atoms with Gasteiger partial charge in [-0.05, 0) is 31.6 Å². The average molecular weight is 260 g/mol. The van der Waals surface area contributed by atoms with Gasteiger partial charge >= 0.3 is 6.03 Å². The van der Waals surface area contributed by atoms with Crippen LogP contribution in [0.1, 0.15) is 45.4 Å². The van der Waals surface area contributed by atoms with E-state index in [4.69, 9.17) is 0 Å². The van der Waals surface area contributed by atoms with Crippen LogP contribution in [0, 0.1) is 5.92 Å². The maximum absolute atomic E-state index is 12.6. The molecule has 1 saturated carbocycles. The van der Waals surface area contributed by atoms with Crippen LogP contribution in [0.4, 0.5) is 13.6 Å². The first-order valence-corrected chi connectivity index (χ1v) is 6.93. The topological polar surface area (TPSA) is 32.3 Å². The smallest absolute Gasteiger partial charge is 0.318 e. The molecule has 2 fully saturated rings. The molecule has 0 unspecified atom stereocenters. The lowest BCUT2D eigenvalue weighted by Gasteiger charge is -2.40. The highest BCUT2D eigenvalue weighted by Gasteiger charge is 2.46. The molecule has 0 aromatic heterocycles. The molecular formula is C13H22F2N2O. The molecular weight excluding hydrogens is 238 g/mol. The molecule has 0 aromatic carbocycles. The summed E-state index contributed by atoms with van der Waals surface area (Å²) in [4.78, 5) is 12.9. The molecule has 0 radical (unpaired) electrons. The minimum atomic E-state index is -2.67. The van der Waals surface area contributed by atoms with Gasteiger partial charge in [-0.25, -0.2) is 13.6 Å². The van der Waals surface area contributed by atoms with Gasteiger partial charge in [0.05, 0.1) is 13.1 Å². The number of amides is 2. The van der Waals surface area contributed by atoms with E-state index < -0.39 is 19.0 Å². The van der Waals surface area contributed by atoms with Crippen molar-refractivity contribution in [3.63, 3.8) is 0 Å². The van der Waals surface area contributed by atoms with Crippen LogP contribution in [0.3, 0.4) is 0 Å². The molecule has 1 saturated heterocycles. The first kappa shape index (κ1) is 13.6. The van der Waals surface area contributed by atoms with Crippen molar-refractivity contribution < 1.29 is 13.6 Å². The lowest BCUT2D eigenvalue weighted by molar-refractivity contribution is -0.110. The van der Waals surface area contributed by atoms with E-state index in [2.05, 4.69) is 12.2 Å². The molecule has 1 aliphatic carbocycles. The van der Waals surface area contributed by atoms with Crippen molar-refractivity contribution in [2.45, 2.75) is 57.4 Å². The molecule has 2 rings (SSSR count). The van der Waals surface area contributed by atoms with Crippen molar-refractivity contribution in [3.8, 4) is 0 Å². The van der Waals surface area contributed by atoms with Gasteiger partial charge in [0.2, 0.25) is 0 Å². The Hall–Kier alpha value is -0.870. The van der Waals surface area contributed by atoms with Crippen molar-refractivity contribution in [2.24, 2.45) is 5.92 Å². The summed E-state index contributed by atoms with van der Waals surface area (Å²) in [5.74, 6) is -1.88. The van der Waals surface area contributed by atoms with Gasteiger partial charge in [-0.15, -0.1) is 0 Å². The highest BCUT2D eigenvalue weighted by molar-refractivity contribution is 5.75. The first-order chi connectivity index (χ1) is 8.50. The Kier molecular flexibility index (Phi) is 4.07. The van der Waals surface area contributed by atoms with Crippen LogP contribution in [0.15, 0.2) is 0 Å². The summed E-state index contributed by atoms with van der Waals surface area (Å²) in [5.41, 5.74) is 0. The number of carbonyl (C=O) groups excluding carboxylic acids is 1. The largest absolute Gasteiger partial charge is 0.335 e. The van der Waals surface area contributed by atoms with E-state index in [-0.39, 0.29) is 12.1 Å². The summed E-state index contributed by atoms with van der Waals surface area (Å²) in [7, 11) is 0. The van der Waals surface area contributed by atoms with Crippen LogP contribution >= 0.6 is 0 Å². The molecule has 0 aromatic rings. The van der Waals surface area contributed by atoms with Gasteiger partial charge in [0.1, 0.15) is 0 Å². The van der Waals surface area contributed by atoms with Gasteiger partial charge in [-0.2, -0.15) is 0 Å². The summed E-state index contributed by atoms with van der Waals surface area (Å²) >= 11 is 0. The van der Waals surface area contributed by atoms with E-state index >= 15 is 0 Å². The van der Waals surface area contributed by atoms with E-state index in [1.165, 1.54) is 17.7 Å². The second-order valence-electron chi connectivity index (χ2n) is 5.67. The predicted molar refractivity (Wildman–Crippen MR) is 65.7 cm³/mol. The minimum Gasteiger partial charge on any atom is -0.335 e. The van der Waals surface area contributed by atoms with Crippen molar-refractivity contribution in [3.05, 3.63) is 0 Å². The number of hydrogen-bond acceptors (Lipinski definition) is 1. The van der Waals surface area contributed by atoms with E-state index in [0.29, 0.717) is 0 Å². The van der Waals surface area contributed by atoms with Gasteiger partial charge < -0.3 is 10.2 Å². The zero-order chi connectivity index (χ0) is 13.2. The van der Waals surface area contributed by atoms with Crippen molar-refractivity contribution in [2.75, 3.05) is 13.1 Å². The SMILES string of the molecule is CCCC1CCC(NC(=O)N2CC(F)(F)C2)CC1. The average Bonchev–Trinajstić information content (AvgIpc) is 2.29. The third-order valence-electron chi connectivity index (χ3n) is 4.00. The quantitative estimate of drug-likeness (QED) is 0.831. The number of urea groups is 1. The summed E-state index contributed by atoms with van der Waals surface area (Å²) in [6, 6.07) is -0.139. The van der Waals surface area contributed by atoms with Crippen molar-refractivity contribution in [1.29, 1.82) is 0 Å². The Labute approximate surface area is 107 Å². The monoisotopic (exact) mass is 260 g/mol. The lowest BCUT2D eigenvalue weighted by atomic mass is 9.83. The maximum atomic E-state index is 12.6. The summed E-state index contributed by atoms with van der Waals surface area (Å²) in [6.45, 7) is 1.34. The fraction of sp³-hybridized carbons (Fsp3) is 0.923. The number of alkyl halides is 2. The van der Waals surface area contributed by atoms with Gasteiger partial charge in [-0.1, -0.05) is 19.8 Å². The van der Waals surface area contributed by atoms with Gasteiger partial charge in [0.25, 0.3) is 5.92 Å². The molecule has 5 heteroatoms. The third-order valence-corrected chi connectivity index (χ3v) is 4.00. The van der Waals surface area contributed by atoms with Gasteiger partial charge in [0, 0.05) is 6.04 Å². The highest BCUT2D eigenvalue weighted by atomic mass is 19.3. The fourth-order valence-electron chi connectivity index (χ4n) is 2.93. The third kappa shape index (κ3) is 3.33. The number of hydrogen-bond donors (Lipinski definition) is 1. The van der Waals surface area contributed by atoms with Crippen LogP contribution in [0.2, 0.25) is 0 Å². The number of carbonyl (C=O) groups is 1. The molecule has 1 N–H and O–H groups in total. The van der Waals surface area contributed by atoms with Crippen LogP contribution in [0.5, 0.6) is 0 Å². The van der Waals surface area contributed by atoms with Crippen LogP contribution in [-0.2, 0) is 0 Å². The molecule has 1 aliphatic heterocycles. The number of likely N-dealkylation sites (tertiary alicyclic amines) is 1. The van der Waals surface area contributed by atoms with E-state index in [1.807, 2.05) is 0 Å². The molecule has 1 heterocycles. The molecule has 0 bridgehead atoms. The second-order valence-corrected chi connectivity index (χ2v) is 5.67. The minimum absolute atomic E-state index is 0.180. The Bertz CT molecular complexity index is 293.